The predicted octanol–water partition coefficient (Wildman–Crippen LogP) is 1.86. The first-order valence-electron chi connectivity index (χ1n) is 8.39. The summed E-state index contributed by atoms with van der Waals surface area (Å²) in [6.07, 6.45) is 2.45. The number of para-hydroxylation sites is 1. The fourth-order valence-electron chi connectivity index (χ4n) is 3.00. The number of pyridine rings is 1. The van der Waals surface area contributed by atoms with E-state index in [0.717, 1.165) is 23.5 Å². The second-order valence-electron chi connectivity index (χ2n) is 6.08. The molecule has 1 aromatic carbocycles. The molecule has 0 aliphatic carbocycles. The van der Waals surface area contributed by atoms with Crippen LogP contribution < -0.4 is 20.3 Å². The number of ether oxygens (including phenoxy) is 2. The number of nitrogens with zero attached hydrogens (tertiary/aromatic N) is 1. The van der Waals surface area contributed by atoms with Crippen molar-refractivity contribution >= 4 is 5.91 Å². The molecule has 2 heterocycles. The van der Waals surface area contributed by atoms with E-state index in [1.54, 1.807) is 23.9 Å². The van der Waals surface area contributed by atoms with Crippen molar-refractivity contribution in [1.82, 2.24) is 9.88 Å². The number of amides is 1. The summed E-state index contributed by atoms with van der Waals surface area (Å²) in [6, 6.07) is 8.86. The quantitative estimate of drug-likeness (QED) is 0.900. The van der Waals surface area contributed by atoms with Gasteiger partial charge in [-0.25, -0.2) is 0 Å². The molecule has 1 aliphatic heterocycles. The number of hydrogen-bond acceptors (Lipinski definition) is 4. The first-order valence-corrected chi connectivity index (χ1v) is 8.39. The Morgan fingerprint density at radius 3 is 2.96 bits per heavy atom. The molecular formula is C19H22N2O4. The average Bonchev–Trinajstić information content (AvgIpc) is 2.65. The van der Waals surface area contributed by atoms with Gasteiger partial charge in [0.1, 0.15) is 0 Å². The number of aromatic nitrogens is 1. The number of fused-ring (bicyclic) bond motifs is 1. The van der Waals surface area contributed by atoms with Crippen LogP contribution in [0.1, 0.15) is 22.8 Å². The molecule has 0 radical (unpaired) electrons. The minimum absolute atomic E-state index is 0.169. The summed E-state index contributed by atoms with van der Waals surface area (Å²) in [4.78, 5) is 24.1. The second kappa shape index (κ2) is 7.42. The Morgan fingerprint density at radius 1 is 1.40 bits per heavy atom. The zero-order chi connectivity index (χ0) is 17.8. The normalized spacial score (nSPS) is 15.8. The molecule has 1 aliphatic rings. The van der Waals surface area contributed by atoms with Crippen molar-refractivity contribution in [1.29, 1.82) is 0 Å². The molecule has 0 bridgehead atoms. The summed E-state index contributed by atoms with van der Waals surface area (Å²) in [5.41, 5.74) is 1.29. The topological polar surface area (TPSA) is 69.6 Å². The number of carbonyl (C=O) groups is 1. The zero-order valence-corrected chi connectivity index (χ0v) is 14.5. The molecule has 0 saturated heterocycles. The van der Waals surface area contributed by atoms with E-state index in [0.29, 0.717) is 25.3 Å². The highest BCUT2D eigenvalue weighted by molar-refractivity contribution is 5.93. The van der Waals surface area contributed by atoms with E-state index in [1.165, 1.54) is 6.07 Å². The molecule has 0 fully saturated rings. The SMILES string of the molecule is CCn1ccc(C(=O)NC[C@@H]2COc3c(cccc3OC)C2)cc1=O. The van der Waals surface area contributed by atoms with Crippen LogP contribution in [-0.2, 0) is 13.0 Å². The molecule has 3 rings (SSSR count). The van der Waals surface area contributed by atoms with Crippen LogP contribution in [0.2, 0.25) is 0 Å². The molecule has 1 N–H and O–H groups in total. The number of benzene rings is 1. The van der Waals surface area contributed by atoms with Crippen LogP contribution in [0.25, 0.3) is 0 Å². The molecule has 0 saturated carbocycles. The summed E-state index contributed by atoms with van der Waals surface area (Å²) >= 11 is 0. The largest absolute Gasteiger partial charge is 0.493 e. The van der Waals surface area contributed by atoms with Crippen molar-refractivity contribution in [2.45, 2.75) is 19.9 Å². The third kappa shape index (κ3) is 3.68. The molecule has 1 amide bonds. The summed E-state index contributed by atoms with van der Waals surface area (Å²) in [6.45, 7) is 3.48. The Hall–Kier alpha value is -2.76. The highest BCUT2D eigenvalue weighted by Crippen LogP contribution is 2.35. The van der Waals surface area contributed by atoms with Gasteiger partial charge in [0.05, 0.1) is 13.7 Å². The van der Waals surface area contributed by atoms with Gasteiger partial charge in [0.15, 0.2) is 11.5 Å². The molecule has 6 nitrogen and oxygen atoms in total. The Bertz CT molecular complexity index is 828. The van der Waals surface area contributed by atoms with Crippen LogP contribution in [0.15, 0.2) is 41.3 Å². The summed E-state index contributed by atoms with van der Waals surface area (Å²) in [5, 5.41) is 2.89. The number of hydrogen-bond donors (Lipinski definition) is 1. The van der Waals surface area contributed by atoms with Gasteiger partial charge in [0, 0.05) is 36.8 Å². The van der Waals surface area contributed by atoms with Crippen LogP contribution in [0.3, 0.4) is 0 Å². The van der Waals surface area contributed by atoms with Gasteiger partial charge in [-0.1, -0.05) is 12.1 Å². The molecule has 1 atom stereocenters. The van der Waals surface area contributed by atoms with Gasteiger partial charge in [0.25, 0.3) is 11.5 Å². The lowest BCUT2D eigenvalue weighted by molar-refractivity contribution is 0.0938. The van der Waals surface area contributed by atoms with Crippen LogP contribution in [0.4, 0.5) is 0 Å². The van der Waals surface area contributed by atoms with Crippen molar-refractivity contribution in [2.75, 3.05) is 20.3 Å². The predicted molar refractivity (Wildman–Crippen MR) is 94.4 cm³/mol. The summed E-state index contributed by atoms with van der Waals surface area (Å²) in [7, 11) is 1.62. The van der Waals surface area contributed by atoms with Gasteiger partial charge >= 0.3 is 0 Å². The smallest absolute Gasteiger partial charge is 0.251 e. The van der Waals surface area contributed by atoms with Gasteiger partial charge in [-0.05, 0) is 31.0 Å². The molecule has 1 aromatic heterocycles. The Kier molecular flexibility index (Phi) is 5.07. The van der Waals surface area contributed by atoms with E-state index in [4.69, 9.17) is 9.47 Å². The molecular weight excluding hydrogens is 320 g/mol. The third-order valence-electron chi connectivity index (χ3n) is 4.40. The third-order valence-corrected chi connectivity index (χ3v) is 4.40. The van der Waals surface area contributed by atoms with Gasteiger partial charge in [-0.15, -0.1) is 0 Å². The van der Waals surface area contributed by atoms with Crippen LogP contribution in [0.5, 0.6) is 11.5 Å². The van der Waals surface area contributed by atoms with E-state index in [9.17, 15) is 9.59 Å². The fraction of sp³-hybridized carbons (Fsp3) is 0.368. The molecule has 2 aromatic rings. The zero-order valence-electron chi connectivity index (χ0n) is 14.5. The van der Waals surface area contributed by atoms with E-state index < -0.39 is 0 Å². The average molecular weight is 342 g/mol. The van der Waals surface area contributed by atoms with Gasteiger partial charge in [0.2, 0.25) is 0 Å². The number of methoxy groups -OCH3 is 1. The van der Waals surface area contributed by atoms with E-state index >= 15 is 0 Å². The Morgan fingerprint density at radius 2 is 2.24 bits per heavy atom. The standard InChI is InChI=1S/C19H22N2O4/c1-3-21-8-7-15(10-17(21)22)19(23)20-11-13-9-14-5-4-6-16(24-2)18(14)25-12-13/h4-8,10,13H,3,9,11-12H2,1-2H3,(H,20,23)/t13-/m1/s1. The van der Waals surface area contributed by atoms with Crippen molar-refractivity contribution < 1.29 is 14.3 Å². The Labute approximate surface area is 146 Å². The van der Waals surface area contributed by atoms with Crippen molar-refractivity contribution in [2.24, 2.45) is 5.92 Å². The van der Waals surface area contributed by atoms with Gasteiger partial charge in [-0.2, -0.15) is 0 Å². The number of aryl methyl sites for hydroxylation is 1. The van der Waals surface area contributed by atoms with Crippen molar-refractivity contribution in [3.8, 4) is 11.5 Å². The monoisotopic (exact) mass is 342 g/mol. The van der Waals surface area contributed by atoms with Gasteiger partial charge in [-0.3, -0.25) is 9.59 Å². The number of rotatable bonds is 5. The lowest BCUT2D eigenvalue weighted by atomic mass is 9.96. The van der Waals surface area contributed by atoms with Crippen LogP contribution in [0, 0.1) is 5.92 Å². The first-order chi connectivity index (χ1) is 12.1. The maximum atomic E-state index is 12.3. The maximum Gasteiger partial charge on any atom is 0.251 e. The fourth-order valence-corrected chi connectivity index (χ4v) is 3.00. The minimum atomic E-state index is -0.239. The minimum Gasteiger partial charge on any atom is -0.493 e. The lowest BCUT2D eigenvalue weighted by Crippen LogP contribution is -2.35. The van der Waals surface area contributed by atoms with Crippen LogP contribution >= 0.6 is 0 Å². The van der Waals surface area contributed by atoms with E-state index in [1.807, 2.05) is 25.1 Å². The molecule has 0 spiro atoms. The molecule has 132 valence electrons. The van der Waals surface area contributed by atoms with E-state index in [-0.39, 0.29) is 17.4 Å². The number of nitrogens with one attached hydrogen (secondary N) is 1. The lowest BCUT2D eigenvalue weighted by Gasteiger charge is -2.26. The first kappa shape index (κ1) is 17.1. The summed E-state index contributed by atoms with van der Waals surface area (Å²) in [5.74, 6) is 1.46. The molecule has 6 heteroatoms. The van der Waals surface area contributed by atoms with Gasteiger partial charge < -0.3 is 19.4 Å². The highest BCUT2D eigenvalue weighted by atomic mass is 16.5. The highest BCUT2D eigenvalue weighted by Gasteiger charge is 2.23. The van der Waals surface area contributed by atoms with Crippen molar-refractivity contribution in [3.63, 3.8) is 0 Å². The second-order valence-corrected chi connectivity index (χ2v) is 6.08. The van der Waals surface area contributed by atoms with E-state index in [2.05, 4.69) is 5.32 Å². The van der Waals surface area contributed by atoms with Crippen LogP contribution in [-0.4, -0.2) is 30.7 Å². The molecule has 0 unspecified atom stereocenters. The summed E-state index contributed by atoms with van der Waals surface area (Å²) < 4.78 is 12.7. The number of carbonyl (C=O) groups excluding carboxylic acids is 1. The maximum absolute atomic E-state index is 12.3. The molecule has 25 heavy (non-hydrogen) atoms. The van der Waals surface area contributed by atoms with Crippen molar-refractivity contribution in [3.05, 3.63) is 58.0 Å². The Balaban J connectivity index is 1.61.